The summed E-state index contributed by atoms with van der Waals surface area (Å²) >= 11 is 0. The van der Waals surface area contributed by atoms with Crippen molar-refractivity contribution in [1.29, 1.82) is 0 Å². The monoisotopic (exact) mass is 304 g/mol. The van der Waals surface area contributed by atoms with E-state index >= 15 is 0 Å². The first-order valence-electron chi connectivity index (χ1n) is 8.41. The van der Waals surface area contributed by atoms with Crippen molar-refractivity contribution in [3.05, 3.63) is 29.8 Å². The summed E-state index contributed by atoms with van der Waals surface area (Å²) < 4.78 is 5.15. The van der Waals surface area contributed by atoms with E-state index in [1.165, 1.54) is 5.56 Å². The SMILES string of the molecule is COc1ccc(CCCCCC(=O)NC2CCCNC2)cc1. The van der Waals surface area contributed by atoms with E-state index in [0.29, 0.717) is 12.5 Å². The van der Waals surface area contributed by atoms with Gasteiger partial charge in [0, 0.05) is 19.0 Å². The van der Waals surface area contributed by atoms with Crippen molar-refractivity contribution >= 4 is 5.91 Å². The van der Waals surface area contributed by atoms with Crippen molar-refractivity contribution in [1.82, 2.24) is 10.6 Å². The molecular weight excluding hydrogens is 276 g/mol. The molecule has 122 valence electrons. The second kappa shape index (κ2) is 9.46. The third-order valence-electron chi connectivity index (χ3n) is 4.19. The van der Waals surface area contributed by atoms with Crippen LogP contribution in [0.4, 0.5) is 0 Å². The molecule has 0 radical (unpaired) electrons. The maximum absolute atomic E-state index is 11.9. The number of unbranched alkanes of at least 4 members (excludes halogenated alkanes) is 2. The van der Waals surface area contributed by atoms with Gasteiger partial charge in [0.05, 0.1) is 7.11 Å². The standard InChI is InChI=1S/C18H28N2O2/c1-22-17-11-9-15(10-12-17)6-3-2-4-8-18(21)20-16-7-5-13-19-14-16/h9-12,16,19H,2-8,13-14H2,1H3,(H,20,21). The Labute approximate surface area is 133 Å². The van der Waals surface area contributed by atoms with Gasteiger partial charge in [-0.2, -0.15) is 0 Å². The average Bonchev–Trinajstić information content (AvgIpc) is 2.56. The summed E-state index contributed by atoms with van der Waals surface area (Å²) in [6.45, 7) is 2.00. The van der Waals surface area contributed by atoms with Crippen LogP contribution in [0.1, 0.15) is 44.1 Å². The highest BCUT2D eigenvalue weighted by molar-refractivity contribution is 5.76. The van der Waals surface area contributed by atoms with Crippen LogP contribution < -0.4 is 15.4 Å². The second-order valence-corrected chi connectivity index (χ2v) is 6.02. The highest BCUT2D eigenvalue weighted by Gasteiger charge is 2.14. The summed E-state index contributed by atoms with van der Waals surface area (Å²) in [7, 11) is 1.68. The number of carbonyl (C=O) groups is 1. The number of carbonyl (C=O) groups excluding carboxylic acids is 1. The Kier molecular flexibility index (Phi) is 7.23. The summed E-state index contributed by atoms with van der Waals surface area (Å²) in [5.41, 5.74) is 1.33. The normalized spacial score (nSPS) is 18.0. The fourth-order valence-corrected chi connectivity index (χ4v) is 2.86. The summed E-state index contributed by atoms with van der Waals surface area (Å²) in [5.74, 6) is 1.11. The quantitative estimate of drug-likeness (QED) is 0.726. The van der Waals surface area contributed by atoms with Gasteiger partial charge in [0.2, 0.25) is 5.91 Å². The third kappa shape index (κ3) is 6.06. The molecule has 1 heterocycles. The van der Waals surface area contributed by atoms with E-state index in [0.717, 1.165) is 57.4 Å². The molecule has 1 atom stereocenters. The van der Waals surface area contributed by atoms with E-state index in [9.17, 15) is 4.79 Å². The maximum atomic E-state index is 11.9. The number of methoxy groups -OCH3 is 1. The number of nitrogens with one attached hydrogen (secondary N) is 2. The molecule has 2 rings (SSSR count). The van der Waals surface area contributed by atoms with Crippen LogP contribution in [0.2, 0.25) is 0 Å². The lowest BCUT2D eigenvalue weighted by Gasteiger charge is -2.23. The summed E-state index contributed by atoms with van der Waals surface area (Å²) in [4.78, 5) is 11.9. The molecule has 4 nitrogen and oxygen atoms in total. The molecule has 1 aromatic carbocycles. The molecule has 4 heteroatoms. The minimum Gasteiger partial charge on any atom is -0.497 e. The Bertz CT molecular complexity index is 439. The fourth-order valence-electron chi connectivity index (χ4n) is 2.86. The van der Waals surface area contributed by atoms with Gasteiger partial charge >= 0.3 is 0 Å². The molecule has 0 spiro atoms. The highest BCUT2D eigenvalue weighted by Crippen LogP contribution is 2.14. The zero-order valence-electron chi connectivity index (χ0n) is 13.6. The average molecular weight is 304 g/mol. The van der Waals surface area contributed by atoms with Crippen LogP contribution in [0.5, 0.6) is 5.75 Å². The summed E-state index contributed by atoms with van der Waals surface area (Å²) in [6.07, 6.45) is 7.19. The smallest absolute Gasteiger partial charge is 0.220 e. The van der Waals surface area contributed by atoms with Crippen LogP contribution >= 0.6 is 0 Å². The van der Waals surface area contributed by atoms with Gasteiger partial charge in [-0.05, 0) is 56.3 Å². The number of aryl methyl sites for hydroxylation is 1. The Morgan fingerprint density at radius 3 is 2.77 bits per heavy atom. The van der Waals surface area contributed by atoms with Crippen molar-refractivity contribution in [2.75, 3.05) is 20.2 Å². The lowest BCUT2D eigenvalue weighted by atomic mass is 10.1. The Hall–Kier alpha value is -1.55. The predicted octanol–water partition coefficient (Wildman–Crippen LogP) is 2.67. The predicted molar refractivity (Wildman–Crippen MR) is 89.2 cm³/mol. The van der Waals surface area contributed by atoms with E-state index in [1.54, 1.807) is 7.11 Å². The number of hydrogen-bond acceptors (Lipinski definition) is 3. The van der Waals surface area contributed by atoms with Gasteiger partial charge in [-0.15, -0.1) is 0 Å². The van der Waals surface area contributed by atoms with Crippen molar-refractivity contribution in [2.24, 2.45) is 0 Å². The van der Waals surface area contributed by atoms with Gasteiger partial charge in [-0.3, -0.25) is 4.79 Å². The first kappa shape index (κ1) is 16.8. The lowest BCUT2D eigenvalue weighted by Crippen LogP contribution is -2.45. The Morgan fingerprint density at radius 2 is 2.09 bits per heavy atom. The number of rotatable bonds is 8. The van der Waals surface area contributed by atoms with Crippen LogP contribution in [0.3, 0.4) is 0 Å². The molecule has 0 aliphatic carbocycles. The minimum atomic E-state index is 0.207. The lowest BCUT2D eigenvalue weighted by molar-refractivity contribution is -0.122. The van der Waals surface area contributed by atoms with Crippen molar-refractivity contribution in [2.45, 2.75) is 51.0 Å². The first-order valence-corrected chi connectivity index (χ1v) is 8.41. The number of benzene rings is 1. The number of amides is 1. The molecule has 1 aliphatic rings. The molecule has 1 saturated heterocycles. The fraction of sp³-hybridized carbons (Fsp3) is 0.611. The van der Waals surface area contributed by atoms with Crippen LogP contribution in [0, 0.1) is 0 Å². The highest BCUT2D eigenvalue weighted by atomic mass is 16.5. The van der Waals surface area contributed by atoms with Gasteiger partial charge in [-0.25, -0.2) is 0 Å². The van der Waals surface area contributed by atoms with Crippen LogP contribution in [0.25, 0.3) is 0 Å². The molecule has 0 bridgehead atoms. The van der Waals surface area contributed by atoms with Crippen LogP contribution in [-0.4, -0.2) is 32.1 Å². The molecule has 0 saturated carbocycles. The zero-order chi connectivity index (χ0) is 15.6. The maximum Gasteiger partial charge on any atom is 0.220 e. The topological polar surface area (TPSA) is 50.4 Å². The van der Waals surface area contributed by atoms with Crippen LogP contribution in [-0.2, 0) is 11.2 Å². The molecule has 1 aromatic rings. The largest absolute Gasteiger partial charge is 0.497 e. The second-order valence-electron chi connectivity index (χ2n) is 6.02. The molecule has 1 aliphatic heterocycles. The molecule has 1 fully saturated rings. The molecular formula is C18H28N2O2. The molecule has 22 heavy (non-hydrogen) atoms. The van der Waals surface area contributed by atoms with E-state index in [1.807, 2.05) is 12.1 Å². The van der Waals surface area contributed by atoms with Crippen molar-refractivity contribution in [3.8, 4) is 5.75 Å². The van der Waals surface area contributed by atoms with E-state index in [4.69, 9.17) is 4.74 Å². The Balaban J connectivity index is 1.53. The van der Waals surface area contributed by atoms with Crippen molar-refractivity contribution in [3.63, 3.8) is 0 Å². The molecule has 1 amide bonds. The van der Waals surface area contributed by atoms with Crippen LogP contribution in [0.15, 0.2) is 24.3 Å². The van der Waals surface area contributed by atoms with Crippen molar-refractivity contribution < 1.29 is 9.53 Å². The van der Waals surface area contributed by atoms with Gasteiger partial charge < -0.3 is 15.4 Å². The van der Waals surface area contributed by atoms with E-state index in [2.05, 4.69) is 22.8 Å². The first-order chi connectivity index (χ1) is 10.8. The molecule has 0 aromatic heterocycles. The Morgan fingerprint density at radius 1 is 1.27 bits per heavy atom. The molecule has 2 N–H and O–H groups in total. The van der Waals surface area contributed by atoms with Gasteiger partial charge in [0.25, 0.3) is 0 Å². The minimum absolute atomic E-state index is 0.207. The summed E-state index contributed by atoms with van der Waals surface area (Å²) in [5, 5.41) is 6.44. The van der Waals surface area contributed by atoms with E-state index in [-0.39, 0.29) is 5.91 Å². The number of hydrogen-bond donors (Lipinski definition) is 2. The number of piperidine rings is 1. The summed E-state index contributed by atoms with van der Waals surface area (Å²) in [6, 6.07) is 8.56. The third-order valence-corrected chi connectivity index (χ3v) is 4.19. The van der Waals surface area contributed by atoms with E-state index < -0.39 is 0 Å². The molecule has 1 unspecified atom stereocenters. The zero-order valence-corrected chi connectivity index (χ0v) is 13.6. The van der Waals surface area contributed by atoms with Gasteiger partial charge in [0.15, 0.2) is 0 Å². The number of ether oxygens (including phenoxy) is 1. The van der Waals surface area contributed by atoms with Gasteiger partial charge in [0.1, 0.15) is 5.75 Å². The van der Waals surface area contributed by atoms with Gasteiger partial charge in [-0.1, -0.05) is 18.6 Å².